The van der Waals surface area contributed by atoms with E-state index < -0.39 is 23.3 Å². The Morgan fingerprint density at radius 3 is 2.61 bits per heavy atom. The maximum Gasteiger partial charge on any atom is 0.347 e. The van der Waals surface area contributed by atoms with Gasteiger partial charge in [-0.3, -0.25) is 9.59 Å². The number of Topliss-reactive ketones (excluding diaryl/α,β-unsaturated/α-hetero) is 1. The molecule has 2 aliphatic carbocycles. The largest absolute Gasteiger partial charge is 0.508 e. The number of carbonyl (C=O) groups excluding carboxylic acids is 2. The highest BCUT2D eigenvalue weighted by Gasteiger charge is 2.45. The average Bonchev–Trinajstić information content (AvgIpc) is 2.95. The van der Waals surface area contributed by atoms with Gasteiger partial charge in [0.2, 0.25) is 0 Å². The second kappa shape index (κ2) is 6.80. The lowest BCUT2D eigenvalue weighted by molar-refractivity contribution is -0.115. The molecule has 2 aromatic rings. The van der Waals surface area contributed by atoms with E-state index in [2.05, 4.69) is 15.9 Å². The summed E-state index contributed by atoms with van der Waals surface area (Å²) in [7, 11) is 1.40. The van der Waals surface area contributed by atoms with Crippen LogP contribution >= 0.6 is 27.5 Å². The molecule has 0 unspecified atom stereocenters. The first-order chi connectivity index (χ1) is 14.7. The van der Waals surface area contributed by atoms with E-state index in [0.29, 0.717) is 16.7 Å². The molecule has 158 valence electrons. The number of aromatic hydroxyl groups is 1. The van der Waals surface area contributed by atoms with Crippen molar-refractivity contribution in [3.8, 4) is 5.75 Å². The Hall–Kier alpha value is -2.91. The SMILES string of the molecule is Cn1c(=O)n2n(c1=O)[C@@H]1CC3=C(C(=O)C=C(Br)C3=O)[C@@H](c3ccc(O)cc3Cl)C1=CC2. The van der Waals surface area contributed by atoms with Gasteiger partial charge >= 0.3 is 11.4 Å². The molecule has 2 heterocycles. The first kappa shape index (κ1) is 20.0. The van der Waals surface area contributed by atoms with Crippen molar-refractivity contribution in [1.29, 1.82) is 0 Å². The van der Waals surface area contributed by atoms with Crippen molar-refractivity contribution in [3.05, 3.63) is 83.1 Å². The van der Waals surface area contributed by atoms with Crippen LogP contribution in [0.1, 0.15) is 23.9 Å². The van der Waals surface area contributed by atoms with Crippen molar-refractivity contribution in [2.45, 2.75) is 24.9 Å². The number of fused-ring (bicyclic) bond motifs is 3. The summed E-state index contributed by atoms with van der Waals surface area (Å²) in [6, 6.07) is 3.81. The number of phenolic OH excluding ortho intramolecular Hbond substituents is 1. The number of allylic oxidation sites excluding steroid dienone is 6. The molecule has 0 saturated heterocycles. The summed E-state index contributed by atoms with van der Waals surface area (Å²) in [5.41, 5.74) is 0.896. The van der Waals surface area contributed by atoms with Gasteiger partial charge in [-0.15, -0.1) is 0 Å². The maximum absolute atomic E-state index is 13.0. The molecule has 2 atom stereocenters. The molecule has 31 heavy (non-hydrogen) atoms. The zero-order valence-corrected chi connectivity index (χ0v) is 18.5. The summed E-state index contributed by atoms with van der Waals surface area (Å²) in [6.45, 7) is 0.150. The van der Waals surface area contributed by atoms with Crippen molar-refractivity contribution < 1.29 is 14.7 Å². The summed E-state index contributed by atoms with van der Waals surface area (Å²) in [5.74, 6) is -1.38. The van der Waals surface area contributed by atoms with Gasteiger partial charge in [-0.25, -0.2) is 23.5 Å². The minimum absolute atomic E-state index is 0.0326. The fourth-order valence-electron chi connectivity index (χ4n) is 4.69. The van der Waals surface area contributed by atoms with Crippen molar-refractivity contribution >= 4 is 39.1 Å². The van der Waals surface area contributed by atoms with Crippen LogP contribution in [-0.4, -0.2) is 30.6 Å². The van der Waals surface area contributed by atoms with E-state index in [-0.39, 0.29) is 45.4 Å². The lowest BCUT2D eigenvalue weighted by Crippen LogP contribution is -2.40. The molecule has 0 spiro atoms. The van der Waals surface area contributed by atoms with E-state index in [1.54, 1.807) is 6.07 Å². The predicted molar refractivity (Wildman–Crippen MR) is 116 cm³/mol. The Balaban J connectivity index is 1.81. The Bertz CT molecular complexity index is 1420. The van der Waals surface area contributed by atoms with Crippen LogP contribution < -0.4 is 11.4 Å². The first-order valence-corrected chi connectivity index (χ1v) is 10.6. The van der Waals surface area contributed by atoms with Gasteiger partial charge in [0.25, 0.3) is 0 Å². The van der Waals surface area contributed by atoms with Gasteiger partial charge in [0.05, 0.1) is 17.1 Å². The fourth-order valence-corrected chi connectivity index (χ4v) is 5.42. The van der Waals surface area contributed by atoms with Gasteiger partial charge in [-0.1, -0.05) is 23.7 Å². The minimum Gasteiger partial charge on any atom is -0.508 e. The second-order valence-corrected chi connectivity index (χ2v) is 8.95. The zero-order valence-electron chi connectivity index (χ0n) is 16.1. The molecule has 0 bridgehead atoms. The number of rotatable bonds is 1. The summed E-state index contributed by atoms with van der Waals surface area (Å²) in [4.78, 5) is 51.3. The molecule has 1 aliphatic heterocycles. The number of nitrogens with zero attached hydrogens (tertiary/aromatic N) is 3. The maximum atomic E-state index is 13.0. The number of phenols is 1. The molecule has 5 rings (SSSR count). The Morgan fingerprint density at radius 1 is 1.16 bits per heavy atom. The molecule has 0 radical (unpaired) electrons. The van der Waals surface area contributed by atoms with Crippen molar-refractivity contribution in [3.63, 3.8) is 0 Å². The van der Waals surface area contributed by atoms with Gasteiger partial charge in [-0.05, 0) is 39.2 Å². The number of carbonyl (C=O) groups is 2. The zero-order chi connectivity index (χ0) is 22.2. The van der Waals surface area contributed by atoms with E-state index >= 15 is 0 Å². The Morgan fingerprint density at radius 2 is 1.90 bits per heavy atom. The van der Waals surface area contributed by atoms with Crippen LogP contribution in [0.4, 0.5) is 0 Å². The standard InChI is InChI=1S/C21H15BrClN3O5/c1-24-20(30)25-5-4-11-15(26(25)21(24)31)7-12-18(16(28)8-13(22)19(12)29)17(11)10-3-2-9(27)6-14(10)23/h2-4,6,8,15,17,27H,5,7H2,1H3/t15-,17+/m1/s1. The van der Waals surface area contributed by atoms with Gasteiger partial charge < -0.3 is 5.11 Å². The van der Waals surface area contributed by atoms with E-state index in [9.17, 15) is 24.3 Å². The van der Waals surface area contributed by atoms with Gasteiger partial charge in [0, 0.05) is 41.6 Å². The molecule has 1 aromatic carbocycles. The van der Waals surface area contributed by atoms with Gasteiger partial charge in [0.15, 0.2) is 11.6 Å². The quantitative estimate of drug-likeness (QED) is 0.473. The summed E-state index contributed by atoms with van der Waals surface area (Å²) in [5, 5.41) is 10.0. The van der Waals surface area contributed by atoms with E-state index in [1.807, 2.05) is 6.08 Å². The highest BCUT2D eigenvalue weighted by Crippen LogP contribution is 2.51. The van der Waals surface area contributed by atoms with Crippen molar-refractivity contribution in [2.75, 3.05) is 0 Å². The number of ketones is 2. The van der Waals surface area contributed by atoms with Crippen molar-refractivity contribution in [1.82, 2.24) is 13.9 Å². The third-order valence-corrected chi connectivity index (χ3v) is 7.00. The third kappa shape index (κ3) is 2.73. The van der Waals surface area contributed by atoms with E-state index in [4.69, 9.17) is 11.6 Å². The normalized spacial score (nSPS) is 22.5. The van der Waals surface area contributed by atoms with Crippen LogP contribution in [0.5, 0.6) is 5.75 Å². The molecular weight excluding hydrogens is 490 g/mol. The van der Waals surface area contributed by atoms with Crippen LogP contribution in [-0.2, 0) is 23.2 Å². The summed E-state index contributed by atoms with van der Waals surface area (Å²) in [6.07, 6.45) is 3.16. The lowest BCUT2D eigenvalue weighted by Gasteiger charge is -2.39. The number of halogens is 2. The molecule has 0 fully saturated rings. The van der Waals surface area contributed by atoms with Crippen LogP contribution in [0.3, 0.4) is 0 Å². The summed E-state index contributed by atoms with van der Waals surface area (Å²) < 4.78 is 3.85. The third-order valence-electron chi connectivity index (χ3n) is 6.08. The topological polar surface area (TPSA) is 103 Å². The molecule has 0 amide bonds. The molecular formula is C21H15BrClN3O5. The van der Waals surface area contributed by atoms with Crippen LogP contribution in [0.25, 0.3) is 0 Å². The number of hydrogen-bond acceptors (Lipinski definition) is 5. The Labute approximate surface area is 188 Å². The van der Waals surface area contributed by atoms with Crippen molar-refractivity contribution in [2.24, 2.45) is 7.05 Å². The van der Waals surface area contributed by atoms with Crippen LogP contribution in [0.15, 0.2) is 61.1 Å². The Kier molecular flexibility index (Phi) is 4.39. The van der Waals surface area contributed by atoms with Gasteiger partial charge in [-0.2, -0.15) is 0 Å². The van der Waals surface area contributed by atoms with Gasteiger partial charge in [0.1, 0.15) is 5.75 Å². The molecule has 10 heteroatoms. The van der Waals surface area contributed by atoms with E-state index in [0.717, 1.165) is 4.57 Å². The molecule has 8 nitrogen and oxygen atoms in total. The molecule has 1 aromatic heterocycles. The van der Waals surface area contributed by atoms with Crippen LogP contribution in [0.2, 0.25) is 5.02 Å². The highest BCUT2D eigenvalue weighted by molar-refractivity contribution is 9.12. The van der Waals surface area contributed by atoms with Crippen LogP contribution in [0, 0.1) is 0 Å². The molecule has 3 aliphatic rings. The monoisotopic (exact) mass is 503 g/mol. The van der Waals surface area contributed by atoms with E-state index in [1.165, 1.54) is 34.6 Å². The fraction of sp³-hybridized carbons (Fsp3) is 0.238. The number of aromatic nitrogens is 3. The molecule has 1 N–H and O–H groups in total. The lowest BCUT2D eigenvalue weighted by atomic mass is 9.69. The predicted octanol–water partition coefficient (Wildman–Crippen LogP) is 2.10. The second-order valence-electron chi connectivity index (χ2n) is 7.69. The minimum atomic E-state index is -0.689. The highest BCUT2D eigenvalue weighted by atomic mass is 79.9. The molecule has 0 saturated carbocycles. The number of hydrogen-bond donors (Lipinski definition) is 1. The smallest absolute Gasteiger partial charge is 0.347 e. The average molecular weight is 505 g/mol. The first-order valence-electron chi connectivity index (χ1n) is 9.46. The summed E-state index contributed by atoms with van der Waals surface area (Å²) >= 11 is 9.60. The number of benzene rings is 1.